The van der Waals surface area contributed by atoms with Gasteiger partial charge in [-0.25, -0.2) is 4.39 Å². The van der Waals surface area contributed by atoms with Crippen molar-refractivity contribution in [2.75, 3.05) is 13.6 Å². The molecule has 18 heavy (non-hydrogen) atoms. The summed E-state index contributed by atoms with van der Waals surface area (Å²) in [6.07, 6.45) is 3.66. The summed E-state index contributed by atoms with van der Waals surface area (Å²) in [7, 11) is 1.98. The molecule has 1 atom stereocenters. The summed E-state index contributed by atoms with van der Waals surface area (Å²) in [6.45, 7) is 0.966. The maximum Gasteiger partial charge on any atom is 0.182 e. The van der Waals surface area contributed by atoms with E-state index in [1.165, 1.54) is 12.1 Å². The number of aromatic nitrogens is 1. The molecule has 1 saturated heterocycles. The number of hydrogen-bond acceptors (Lipinski definition) is 2. The minimum Gasteiger partial charge on any atom is -0.360 e. The second-order valence-electron chi connectivity index (χ2n) is 4.90. The zero-order chi connectivity index (χ0) is 12.7. The maximum absolute atomic E-state index is 13.1. The number of likely N-dealkylation sites (tertiary alicyclic amines) is 1. The number of H-pyrrole nitrogens is 1. The minimum atomic E-state index is -0.290. The standard InChI is InChI=1S/C14H15FN2O/c1-17-6-2-3-13(17)14(18)11-8-16-12-7-9(15)4-5-10(11)12/h4-5,7-8,13,16H,2-3,6H2,1H3/t13-/m0/s1. The molecule has 2 aromatic rings. The largest absolute Gasteiger partial charge is 0.360 e. The number of halogens is 1. The highest BCUT2D eigenvalue weighted by molar-refractivity contribution is 6.10. The summed E-state index contributed by atoms with van der Waals surface area (Å²) in [5, 5.41) is 0.807. The number of nitrogens with one attached hydrogen (secondary N) is 1. The van der Waals surface area contributed by atoms with Gasteiger partial charge in [0.1, 0.15) is 5.82 Å². The van der Waals surface area contributed by atoms with Crippen molar-refractivity contribution in [2.24, 2.45) is 0 Å². The molecule has 94 valence electrons. The lowest BCUT2D eigenvalue weighted by Crippen LogP contribution is -2.32. The highest BCUT2D eigenvalue weighted by atomic mass is 19.1. The Kier molecular flexibility index (Phi) is 2.67. The van der Waals surface area contributed by atoms with Gasteiger partial charge in [-0.1, -0.05) is 0 Å². The molecule has 4 heteroatoms. The Bertz CT molecular complexity index is 605. The van der Waals surface area contributed by atoms with Crippen molar-refractivity contribution in [3.05, 3.63) is 35.8 Å². The van der Waals surface area contributed by atoms with Gasteiger partial charge in [-0.2, -0.15) is 0 Å². The molecular formula is C14H15FN2O. The van der Waals surface area contributed by atoms with Crippen LogP contribution in [-0.4, -0.2) is 35.3 Å². The van der Waals surface area contributed by atoms with Crippen LogP contribution < -0.4 is 0 Å². The lowest BCUT2D eigenvalue weighted by molar-refractivity contribution is 0.0892. The van der Waals surface area contributed by atoms with Crippen LogP contribution in [0.25, 0.3) is 10.9 Å². The summed E-state index contributed by atoms with van der Waals surface area (Å²) in [6, 6.07) is 4.45. The second kappa shape index (κ2) is 4.21. The Morgan fingerprint density at radius 2 is 2.33 bits per heavy atom. The fraction of sp³-hybridized carbons (Fsp3) is 0.357. The van der Waals surface area contributed by atoms with Gasteiger partial charge < -0.3 is 4.98 Å². The van der Waals surface area contributed by atoms with Gasteiger partial charge in [0.05, 0.1) is 6.04 Å². The Balaban J connectivity index is 2.01. The molecule has 0 saturated carbocycles. The fourth-order valence-electron chi connectivity index (χ4n) is 2.72. The Morgan fingerprint density at radius 3 is 3.06 bits per heavy atom. The van der Waals surface area contributed by atoms with Gasteiger partial charge in [0.15, 0.2) is 5.78 Å². The summed E-state index contributed by atoms with van der Waals surface area (Å²) < 4.78 is 13.1. The molecule has 2 heterocycles. The van der Waals surface area contributed by atoms with E-state index in [0.717, 1.165) is 24.8 Å². The molecular weight excluding hydrogens is 231 g/mol. The number of hydrogen-bond donors (Lipinski definition) is 1. The topological polar surface area (TPSA) is 36.1 Å². The van der Waals surface area contributed by atoms with Gasteiger partial charge in [-0.15, -0.1) is 0 Å². The van der Waals surface area contributed by atoms with Gasteiger partial charge in [0, 0.05) is 22.7 Å². The van der Waals surface area contributed by atoms with Gasteiger partial charge in [-0.05, 0) is 44.6 Å². The molecule has 0 radical (unpaired) electrons. The molecule has 0 unspecified atom stereocenters. The average Bonchev–Trinajstić information content (AvgIpc) is 2.94. The monoisotopic (exact) mass is 246 g/mol. The number of rotatable bonds is 2. The molecule has 1 aliphatic heterocycles. The van der Waals surface area contributed by atoms with Crippen molar-refractivity contribution in [1.29, 1.82) is 0 Å². The molecule has 0 aliphatic carbocycles. The molecule has 1 fully saturated rings. The van der Waals surface area contributed by atoms with Gasteiger partial charge >= 0.3 is 0 Å². The van der Waals surface area contributed by atoms with Crippen LogP contribution in [0.15, 0.2) is 24.4 Å². The van der Waals surface area contributed by atoms with Crippen LogP contribution in [0.2, 0.25) is 0 Å². The molecule has 0 bridgehead atoms. The van der Waals surface area contributed by atoms with E-state index >= 15 is 0 Å². The first kappa shape index (κ1) is 11.4. The molecule has 1 aromatic heterocycles. The predicted octanol–water partition coefficient (Wildman–Crippen LogP) is 2.58. The van der Waals surface area contributed by atoms with E-state index in [0.29, 0.717) is 11.1 Å². The van der Waals surface area contributed by atoms with Crippen molar-refractivity contribution in [1.82, 2.24) is 9.88 Å². The van der Waals surface area contributed by atoms with E-state index in [9.17, 15) is 9.18 Å². The first-order chi connectivity index (χ1) is 8.66. The zero-order valence-corrected chi connectivity index (χ0v) is 10.2. The number of likely N-dealkylation sites (N-methyl/N-ethyl adjacent to an activating group) is 1. The lowest BCUT2D eigenvalue weighted by Gasteiger charge is -2.17. The number of aromatic amines is 1. The quantitative estimate of drug-likeness (QED) is 0.827. The predicted molar refractivity (Wildman–Crippen MR) is 68.2 cm³/mol. The highest BCUT2D eigenvalue weighted by Crippen LogP contribution is 2.25. The number of carbonyl (C=O) groups excluding carboxylic acids is 1. The van der Waals surface area contributed by atoms with Crippen molar-refractivity contribution < 1.29 is 9.18 Å². The third-order valence-corrected chi connectivity index (χ3v) is 3.73. The third-order valence-electron chi connectivity index (χ3n) is 3.73. The third kappa shape index (κ3) is 1.73. The average molecular weight is 246 g/mol. The van der Waals surface area contributed by atoms with E-state index in [4.69, 9.17) is 0 Å². The molecule has 1 aliphatic rings. The smallest absolute Gasteiger partial charge is 0.182 e. The minimum absolute atomic E-state index is 0.0333. The van der Waals surface area contributed by atoms with Crippen LogP contribution in [0.3, 0.4) is 0 Å². The molecule has 0 spiro atoms. The number of carbonyl (C=O) groups is 1. The molecule has 3 nitrogen and oxygen atoms in total. The zero-order valence-electron chi connectivity index (χ0n) is 10.2. The van der Waals surface area contributed by atoms with Crippen molar-refractivity contribution in [3.8, 4) is 0 Å². The van der Waals surface area contributed by atoms with Crippen LogP contribution in [0.4, 0.5) is 4.39 Å². The number of nitrogens with zero attached hydrogens (tertiary/aromatic N) is 1. The van der Waals surface area contributed by atoms with Gasteiger partial charge in [-0.3, -0.25) is 9.69 Å². The molecule has 0 amide bonds. The number of ketones is 1. The molecule has 1 N–H and O–H groups in total. The van der Waals surface area contributed by atoms with Crippen molar-refractivity contribution >= 4 is 16.7 Å². The first-order valence-corrected chi connectivity index (χ1v) is 6.18. The maximum atomic E-state index is 13.1. The summed E-state index contributed by atoms with van der Waals surface area (Å²) >= 11 is 0. The van der Waals surface area contributed by atoms with Crippen molar-refractivity contribution in [3.63, 3.8) is 0 Å². The number of benzene rings is 1. The van der Waals surface area contributed by atoms with E-state index in [2.05, 4.69) is 9.88 Å². The lowest BCUT2D eigenvalue weighted by atomic mass is 10.0. The van der Waals surface area contributed by atoms with Crippen LogP contribution in [0.1, 0.15) is 23.2 Å². The van der Waals surface area contributed by atoms with Gasteiger partial charge in [0.25, 0.3) is 0 Å². The van der Waals surface area contributed by atoms with Crippen LogP contribution in [0.5, 0.6) is 0 Å². The second-order valence-corrected chi connectivity index (χ2v) is 4.90. The normalized spacial score (nSPS) is 20.7. The Labute approximate surface area is 105 Å². The first-order valence-electron chi connectivity index (χ1n) is 6.18. The molecule has 3 rings (SSSR count). The van der Waals surface area contributed by atoms with Gasteiger partial charge in [0.2, 0.25) is 0 Å². The summed E-state index contributed by atoms with van der Waals surface area (Å²) in [5.74, 6) is -0.158. The summed E-state index contributed by atoms with van der Waals surface area (Å²) in [4.78, 5) is 17.5. The Morgan fingerprint density at radius 1 is 1.50 bits per heavy atom. The van der Waals surface area contributed by atoms with E-state index in [1.54, 1.807) is 12.3 Å². The van der Waals surface area contributed by atoms with Crippen LogP contribution in [0, 0.1) is 5.82 Å². The number of fused-ring (bicyclic) bond motifs is 1. The van der Waals surface area contributed by atoms with Crippen LogP contribution >= 0.6 is 0 Å². The number of Topliss-reactive ketones (excluding diaryl/α,β-unsaturated/α-hetero) is 1. The van der Waals surface area contributed by atoms with E-state index < -0.39 is 0 Å². The highest BCUT2D eigenvalue weighted by Gasteiger charge is 2.29. The van der Waals surface area contributed by atoms with Crippen molar-refractivity contribution in [2.45, 2.75) is 18.9 Å². The van der Waals surface area contributed by atoms with Crippen LogP contribution in [-0.2, 0) is 0 Å². The molecule has 1 aromatic carbocycles. The SMILES string of the molecule is CN1CCC[C@H]1C(=O)c1c[nH]c2cc(F)ccc12. The van der Waals surface area contributed by atoms with E-state index in [1.807, 2.05) is 7.05 Å². The van der Waals surface area contributed by atoms with E-state index in [-0.39, 0.29) is 17.6 Å². The fourth-order valence-corrected chi connectivity index (χ4v) is 2.72. The summed E-state index contributed by atoms with van der Waals surface area (Å²) in [5.41, 5.74) is 1.35. The Hall–Kier alpha value is -1.68.